The van der Waals surface area contributed by atoms with E-state index in [4.69, 9.17) is 5.26 Å². The summed E-state index contributed by atoms with van der Waals surface area (Å²) in [5.41, 5.74) is 0.618. The molecule has 0 fully saturated rings. The van der Waals surface area contributed by atoms with Crippen LogP contribution in [0.1, 0.15) is 6.92 Å². The van der Waals surface area contributed by atoms with Crippen LogP contribution in [0.4, 0.5) is 5.69 Å². The summed E-state index contributed by atoms with van der Waals surface area (Å²) in [5.74, 6) is -0.977. The Balaban J connectivity index is 2.76. The molecule has 5 heteroatoms. The first-order chi connectivity index (χ1) is 6.65. The van der Waals surface area contributed by atoms with Gasteiger partial charge in [0.05, 0.1) is 16.2 Å². The quantitative estimate of drug-likeness (QED) is 0.876. The Morgan fingerprint density at radius 1 is 1.79 bits per heavy atom. The van der Waals surface area contributed by atoms with Crippen molar-refractivity contribution in [2.75, 3.05) is 5.32 Å². The topological polar surface area (TPSA) is 65.8 Å². The SMILES string of the molecule is CC(C#N)C(=O)Nc1ccncc1Br. The van der Waals surface area contributed by atoms with Gasteiger partial charge >= 0.3 is 0 Å². The number of nitrogens with zero attached hydrogens (tertiary/aromatic N) is 2. The van der Waals surface area contributed by atoms with Crippen molar-refractivity contribution in [2.24, 2.45) is 5.92 Å². The molecule has 0 aliphatic carbocycles. The average Bonchev–Trinajstić information content (AvgIpc) is 2.20. The fourth-order valence-electron chi connectivity index (χ4n) is 0.776. The number of amides is 1. The summed E-state index contributed by atoms with van der Waals surface area (Å²) in [6, 6.07) is 3.52. The predicted molar refractivity (Wildman–Crippen MR) is 55.3 cm³/mol. The van der Waals surface area contributed by atoms with Gasteiger partial charge in [0.2, 0.25) is 5.91 Å². The summed E-state index contributed by atoms with van der Waals surface area (Å²) < 4.78 is 0.693. The van der Waals surface area contributed by atoms with Gasteiger partial charge in [-0.1, -0.05) is 0 Å². The zero-order valence-electron chi connectivity index (χ0n) is 7.49. The first-order valence-corrected chi connectivity index (χ1v) is 4.74. The summed E-state index contributed by atoms with van der Waals surface area (Å²) in [6.07, 6.45) is 3.14. The van der Waals surface area contributed by atoms with Gasteiger partial charge < -0.3 is 5.32 Å². The Morgan fingerprint density at radius 2 is 2.50 bits per heavy atom. The molecular weight excluding hydrogens is 246 g/mol. The molecule has 1 atom stereocenters. The second-order valence-corrected chi connectivity index (χ2v) is 3.55. The van der Waals surface area contributed by atoms with Gasteiger partial charge in [-0.25, -0.2) is 0 Å². The maximum Gasteiger partial charge on any atom is 0.241 e. The van der Waals surface area contributed by atoms with Crippen molar-refractivity contribution in [1.82, 2.24) is 4.98 Å². The molecule has 0 spiro atoms. The second kappa shape index (κ2) is 4.72. The Morgan fingerprint density at radius 3 is 3.07 bits per heavy atom. The van der Waals surface area contributed by atoms with Crippen molar-refractivity contribution in [1.29, 1.82) is 5.26 Å². The predicted octanol–water partition coefficient (Wildman–Crippen LogP) is 1.94. The van der Waals surface area contributed by atoms with E-state index in [1.165, 1.54) is 0 Å². The minimum Gasteiger partial charge on any atom is -0.324 e. The normalized spacial score (nSPS) is 11.5. The number of hydrogen-bond donors (Lipinski definition) is 1. The van der Waals surface area contributed by atoms with Crippen molar-refractivity contribution in [2.45, 2.75) is 6.92 Å². The number of carbonyl (C=O) groups excluding carboxylic acids is 1. The number of nitrogens with one attached hydrogen (secondary N) is 1. The molecule has 0 saturated heterocycles. The lowest BCUT2D eigenvalue weighted by molar-refractivity contribution is -0.117. The lowest BCUT2D eigenvalue weighted by Gasteiger charge is -2.06. The van der Waals surface area contributed by atoms with Gasteiger partial charge in [-0.15, -0.1) is 0 Å². The van der Waals surface area contributed by atoms with E-state index in [1.54, 1.807) is 25.4 Å². The van der Waals surface area contributed by atoms with Crippen LogP contribution in [-0.4, -0.2) is 10.9 Å². The van der Waals surface area contributed by atoms with Crippen molar-refractivity contribution in [3.8, 4) is 6.07 Å². The molecule has 0 saturated carbocycles. The molecule has 0 aliphatic heterocycles. The van der Waals surface area contributed by atoms with Crippen LogP contribution in [0.2, 0.25) is 0 Å². The highest BCUT2D eigenvalue weighted by molar-refractivity contribution is 9.10. The first kappa shape index (κ1) is 10.7. The second-order valence-electron chi connectivity index (χ2n) is 2.70. The number of anilines is 1. The fraction of sp³-hybridized carbons (Fsp3) is 0.222. The Hall–Kier alpha value is -1.41. The van der Waals surface area contributed by atoms with Crippen LogP contribution in [-0.2, 0) is 4.79 Å². The molecule has 72 valence electrons. The van der Waals surface area contributed by atoms with Crippen LogP contribution in [0, 0.1) is 17.2 Å². The molecule has 0 bridgehead atoms. The summed E-state index contributed by atoms with van der Waals surface area (Å²) >= 11 is 3.24. The largest absolute Gasteiger partial charge is 0.324 e. The van der Waals surface area contributed by atoms with Crippen LogP contribution in [0.5, 0.6) is 0 Å². The highest BCUT2D eigenvalue weighted by atomic mass is 79.9. The molecule has 0 aromatic carbocycles. The smallest absolute Gasteiger partial charge is 0.241 e. The Bertz CT molecular complexity index is 386. The molecule has 0 radical (unpaired) electrons. The average molecular weight is 254 g/mol. The number of aromatic nitrogens is 1. The monoisotopic (exact) mass is 253 g/mol. The standard InChI is InChI=1S/C9H8BrN3O/c1-6(4-11)9(14)13-8-2-3-12-5-7(8)10/h2-3,5-6H,1H3,(H,12,13,14). The first-order valence-electron chi connectivity index (χ1n) is 3.95. The van der Waals surface area contributed by atoms with Crippen molar-refractivity contribution in [3.63, 3.8) is 0 Å². The van der Waals surface area contributed by atoms with Crippen molar-refractivity contribution < 1.29 is 4.79 Å². The molecule has 1 unspecified atom stereocenters. The van der Waals surface area contributed by atoms with E-state index in [1.807, 2.05) is 6.07 Å². The van der Waals surface area contributed by atoms with E-state index in [0.717, 1.165) is 0 Å². The van der Waals surface area contributed by atoms with Gasteiger partial charge in [-0.2, -0.15) is 5.26 Å². The van der Waals surface area contributed by atoms with Crippen LogP contribution in [0.3, 0.4) is 0 Å². The van der Waals surface area contributed by atoms with E-state index in [0.29, 0.717) is 10.2 Å². The maximum absolute atomic E-state index is 11.3. The van der Waals surface area contributed by atoms with E-state index in [-0.39, 0.29) is 5.91 Å². The molecule has 1 N–H and O–H groups in total. The number of halogens is 1. The fourth-order valence-corrected chi connectivity index (χ4v) is 1.13. The van der Waals surface area contributed by atoms with Gasteiger partial charge in [0.1, 0.15) is 5.92 Å². The van der Waals surface area contributed by atoms with Crippen molar-refractivity contribution >= 4 is 27.5 Å². The summed E-state index contributed by atoms with van der Waals surface area (Å²) in [5, 5.41) is 11.1. The summed E-state index contributed by atoms with van der Waals surface area (Å²) in [4.78, 5) is 15.2. The summed E-state index contributed by atoms with van der Waals surface area (Å²) in [6.45, 7) is 1.55. The van der Waals surface area contributed by atoms with Crippen molar-refractivity contribution in [3.05, 3.63) is 22.9 Å². The van der Waals surface area contributed by atoms with E-state index >= 15 is 0 Å². The van der Waals surface area contributed by atoms with Gasteiger partial charge in [-0.05, 0) is 28.9 Å². The lowest BCUT2D eigenvalue weighted by Crippen LogP contribution is -2.19. The Kier molecular flexibility index (Phi) is 3.60. The minimum atomic E-state index is -0.657. The van der Waals surface area contributed by atoms with Gasteiger partial charge in [0, 0.05) is 12.4 Å². The third-order valence-corrected chi connectivity index (χ3v) is 2.25. The lowest BCUT2D eigenvalue weighted by atomic mass is 10.2. The molecule has 4 nitrogen and oxygen atoms in total. The minimum absolute atomic E-state index is 0.320. The van der Waals surface area contributed by atoms with E-state index < -0.39 is 5.92 Å². The van der Waals surface area contributed by atoms with Gasteiger partial charge in [0.15, 0.2) is 0 Å². The third-order valence-electron chi connectivity index (χ3n) is 1.62. The number of rotatable bonds is 2. The molecule has 14 heavy (non-hydrogen) atoms. The molecule has 1 rings (SSSR count). The molecule has 1 aromatic rings. The van der Waals surface area contributed by atoms with Crippen LogP contribution < -0.4 is 5.32 Å². The summed E-state index contributed by atoms with van der Waals surface area (Å²) in [7, 11) is 0. The Labute approximate surface area is 90.1 Å². The number of carbonyl (C=O) groups is 1. The third kappa shape index (κ3) is 2.54. The molecule has 0 aliphatic rings. The zero-order valence-corrected chi connectivity index (χ0v) is 9.08. The zero-order chi connectivity index (χ0) is 10.6. The number of pyridine rings is 1. The van der Waals surface area contributed by atoms with Crippen LogP contribution in [0.15, 0.2) is 22.9 Å². The number of nitriles is 1. The highest BCUT2D eigenvalue weighted by Crippen LogP contribution is 2.20. The van der Waals surface area contributed by atoms with Gasteiger partial charge in [0.25, 0.3) is 0 Å². The molecule has 1 amide bonds. The molecule has 1 heterocycles. The van der Waals surface area contributed by atoms with Gasteiger partial charge in [-0.3, -0.25) is 9.78 Å². The number of hydrogen-bond acceptors (Lipinski definition) is 3. The molecule has 1 aromatic heterocycles. The maximum atomic E-state index is 11.3. The van der Waals surface area contributed by atoms with E-state index in [2.05, 4.69) is 26.2 Å². The van der Waals surface area contributed by atoms with Crippen LogP contribution in [0.25, 0.3) is 0 Å². The van der Waals surface area contributed by atoms with Crippen LogP contribution >= 0.6 is 15.9 Å². The van der Waals surface area contributed by atoms with E-state index in [9.17, 15) is 4.79 Å². The molecular formula is C9H8BrN3O. The highest BCUT2D eigenvalue weighted by Gasteiger charge is 2.12.